The Hall–Kier alpha value is -1.60. The molecule has 1 aromatic rings. The summed E-state index contributed by atoms with van der Waals surface area (Å²) < 4.78 is 0. The van der Waals surface area contributed by atoms with Gasteiger partial charge in [-0.05, 0) is 17.7 Å². The molecule has 0 fully saturated rings. The number of hydrogen-bond acceptors (Lipinski definition) is 6. The molecule has 0 spiro atoms. The van der Waals surface area contributed by atoms with E-state index < -0.39 is 17.4 Å². The van der Waals surface area contributed by atoms with Gasteiger partial charge in [-0.15, -0.1) is 16.7 Å². The normalized spacial score (nSPS) is 13.8. The maximum absolute atomic E-state index is 10.7. The van der Waals surface area contributed by atoms with E-state index in [1.807, 2.05) is 0 Å². The lowest BCUT2D eigenvalue weighted by Crippen LogP contribution is -2.33. The number of phenolic OH excluding ortho intramolecular Hbond substituents is 1. The van der Waals surface area contributed by atoms with Crippen LogP contribution in [0.5, 0.6) is 5.75 Å². The number of phenols is 1. The molecule has 0 aromatic heterocycles. The fourth-order valence-electron chi connectivity index (χ4n) is 1.25. The second-order valence-electron chi connectivity index (χ2n) is 3.71. The standard InChI is InChI=1S/C11H14N2O4S/c12-9(11(15)16)6-18-10(13-17)5-7-1-3-8(14)4-2-7/h1-4,9-10,14H,5-6,12H2,(H,15,16)/t9-,10?/m0/s1. The SMILES string of the molecule is N[C@@H](CSC(Cc1ccc(O)cc1)N=O)C(=O)O. The first-order chi connectivity index (χ1) is 8.52. The summed E-state index contributed by atoms with van der Waals surface area (Å²) in [4.78, 5) is 21.2. The number of hydrogen-bond donors (Lipinski definition) is 3. The third-order valence-electron chi connectivity index (χ3n) is 2.25. The van der Waals surface area contributed by atoms with Gasteiger partial charge in [0.2, 0.25) is 0 Å². The Balaban J connectivity index is 2.49. The van der Waals surface area contributed by atoms with Gasteiger partial charge >= 0.3 is 5.97 Å². The van der Waals surface area contributed by atoms with Crippen molar-refractivity contribution in [3.05, 3.63) is 34.7 Å². The Bertz CT molecular complexity index is 410. The Morgan fingerprint density at radius 1 is 1.39 bits per heavy atom. The number of carboxylic acids is 1. The van der Waals surface area contributed by atoms with E-state index in [1.165, 1.54) is 12.1 Å². The molecule has 0 heterocycles. The van der Waals surface area contributed by atoms with Crippen LogP contribution in [0, 0.1) is 4.91 Å². The zero-order valence-electron chi connectivity index (χ0n) is 9.52. The number of benzene rings is 1. The molecular weight excluding hydrogens is 256 g/mol. The fourth-order valence-corrected chi connectivity index (χ4v) is 2.19. The summed E-state index contributed by atoms with van der Waals surface area (Å²) in [5.41, 5.74) is 6.18. The van der Waals surface area contributed by atoms with E-state index in [1.54, 1.807) is 12.1 Å². The number of nitrogens with zero attached hydrogens (tertiary/aromatic N) is 1. The first kappa shape index (κ1) is 14.5. The number of carboxylic acid groups (broad SMARTS) is 1. The highest BCUT2D eigenvalue weighted by molar-refractivity contribution is 7.99. The molecular formula is C11H14N2O4S. The molecule has 18 heavy (non-hydrogen) atoms. The van der Waals surface area contributed by atoms with E-state index in [9.17, 15) is 9.70 Å². The molecule has 1 unspecified atom stereocenters. The van der Waals surface area contributed by atoms with Crippen molar-refractivity contribution in [1.29, 1.82) is 0 Å². The van der Waals surface area contributed by atoms with E-state index in [2.05, 4.69) is 5.18 Å². The van der Waals surface area contributed by atoms with Gasteiger partial charge in [-0.3, -0.25) is 4.79 Å². The van der Waals surface area contributed by atoms with E-state index in [4.69, 9.17) is 15.9 Å². The predicted molar refractivity (Wildman–Crippen MR) is 69.5 cm³/mol. The van der Waals surface area contributed by atoms with Crippen molar-refractivity contribution in [2.24, 2.45) is 10.9 Å². The van der Waals surface area contributed by atoms with Crippen molar-refractivity contribution in [2.45, 2.75) is 17.8 Å². The van der Waals surface area contributed by atoms with Crippen LogP contribution in [0.15, 0.2) is 29.4 Å². The van der Waals surface area contributed by atoms with Crippen molar-refractivity contribution >= 4 is 17.7 Å². The van der Waals surface area contributed by atoms with Gasteiger partial charge < -0.3 is 15.9 Å². The summed E-state index contributed by atoms with van der Waals surface area (Å²) in [7, 11) is 0. The molecule has 1 rings (SSSR count). The number of aliphatic carboxylic acids is 1. The minimum Gasteiger partial charge on any atom is -0.508 e. The van der Waals surface area contributed by atoms with Gasteiger partial charge in [-0.25, -0.2) is 0 Å². The summed E-state index contributed by atoms with van der Waals surface area (Å²) in [6.07, 6.45) is 0.376. The maximum atomic E-state index is 10.7. The van der Waals surface area contributed by atoms with Crippen LogP contribution in [0.3, 0.4) is 0 Å². The predicted octanol–water partition coefficient (Wildman–Crippen LogP) is 1.17. The van der Waals surface area contributed by atoms with Crippen LogP contribution in [0.25, 0.3) is 0 Å². The molecule has 0 saturated heterocycles. The first-order valence-corrected chi connectivity index (χ1v) is 6.28. The van der Waals surface area contributed by atoms with Gasteiger partial charge in [0.25, 0.3) is 0 Å². The average Bonchev–Trinajstić information content (AvgIpc) is 2.36. The van der Waals surface area contributed by atoms with Crippen LogP contribution >= 0.6 is 11.8 Å². The minimum absolute atomic E-state index is 0.129. The lowest BCUT2D eigenvalue weighted by molar-refractivity contribution is -0.137. The molecule has 6 nitrogen and oxygen atoms in total. The average molecular weight is 270 g/mol. The van der Waals surface area contributed by atoms with Crippen molar-refractivity contribution in [3.8, 4) is 5.75 Å². The van der Waals surface area contributed by atoms with Gasteiger partial charge in [-0.1, -0.05) is 17.3 Å². The molecule has 0 radical (unpaired) electrons. The summed E-state index contributed by atoms with van der Waals surface area (Å²) in [6, 6.07) is 5.41. The molecule has 98 valence electrons. The summed E-state index contributed by atoms with van der Waals surface area (Å²) in [6.45, 7) is 0. The molecule has 0 aliphatic rings. The zero-order chi connectivity index (χ0) is 13.5. The Morgan fingerprint density at radius 3 is 2.50 bits per heavy atom. The van der Waals surface area contributed by atoms with Crippen molar-refractivity contribution < 1.29 is 15.0 Å². The largest absolute Gasteiger partial charge is 0.508 e. The molecule has 0 saturated carbocycles. The van der Waals surface area contributed by atoms with Crippen molar-refractivity contribution in [1.82, 2.24) is 0 Å². The van der Waals surface area contributed by atoms with Gasteiger partial charge in [0.15, 0.2) is 0 Å². The van der Waals surface area contributed by atoms with Crippen LogP contribution in [-0.4, -0.2) is 33.4 Å². The second kappa shape index (κ2) is 6.97. The molecule has 1 aromatic carbocycles. The Labute approximate surface area is 108 Å². The number of aromatic hydroxyl groups is 1. The monoisotopic (exact) mass is 270 g/mol. The van der Waals surface area contributed by atoms with Crippen LogP contribution in [-0.2, 0) is 11.2 Å². The van der Waals surface area contributed by atoms with Crippen LogP contribution in [0.1, 0.15) is 5.56 Å². The summed E-state index contributed by atoms with van der Waals surface area (Å²) >= 11 is 1.11. The maximum Gasteiger partial charge on any atom is 0.321 e. The van der Waals surface area contributed by atoms with E-state index in [0.717, 1.165) is 17.3 Å². The van der Waals surface area contributed by atoms with Gasteiger partial charge in [-0.2, -0.15) is 0 Å². The molecule has 0 aliphatic heterocycles. The third kappa shape index (κ3) is 4.72. The number of thioether (sulfide) groups is 1. The minimum atomic E-state index is -1.10. The van der Waals surface area contributed by atoms with Crippen molar-refractivity contribution in [3.63, 3.8) is 0 Å². The Morgan fingerprint density at radius 2 is 2.00 bits per heavy atom. The molecule has 0 bridgehead atoms. The lowest BCUT2D eigenvalue weighted by Gasteiger charge is -2.11. The number of nitrogens with two attached hydrogens (primary N) is 1. The van der Waals surface area contributed by atoms with Gasteiger partial charge in [0.1, 0.15) is 17.2 Å². The van der Waals surface area contributed by atoms with E-state index >= 15 is 0 Å². The van der Waals surface area contributed by atoms with Crippen molar-refractivity contribution in [2.75, 3.05) is 5.75 Å². The van der Waals surface area contributed by atoms with Gasteiger partial charge in [0.05, 0.1) is 0 Å². The molecule has 7 heteroatoms. The molecule has 4 N–H and O–H groups in total. The quantitative estimate of drug-likeness (QED) is 0.641. The topological polar surface area (TPSA) is 113 Å². The highest BCUT2D eigenvalue weighted by Gasteiger charge is 2.16. The highest BCUT2D eigenvalue weighted by atomic mass is 32.2. The molecule has 0 amide bonds. The van der Waals surface area contributed by atoms with Gasteiger partial charge in [0, 0.05) is 12.2 Å². The Kier molecular flexibility index (Phi) is 5.60. The van der Waals surface area contributed by atoms with E-state index in [0.29, 0.717) is 6.42 Å². The molecule has 2 atom stereocenters. The third-order valence-corrected chi connectivity index (χ3v) is 3.44. The zero-order valence-corrected chi connectivity index (χ0v) is 10.3. The number of rotatable bonds is 7. The van der Waals surface area contributed by atoms with Crippen LogP contribution in [0.4, 0.5) is 0 Å². The van der Waals surface area contributed by atoms with E-state index in [-0.39, 0.29) is 11.5 Å². The number of carbonyl (C=O) groups is 1. The highest BCUT2D eigenvalue weighted by Crippen LogP contribution is 2.19. The lowest BCUT2D eigenvalue weighted by atomic mass is 10.1. The summed E-state index contributed by atoms with van der Waals surface area (Å²) in [5.74, 6) is -0.823. The van der Waals surface area contributed by atoms with Crippen LogP contribution < -0.4 is 5.73 Å². The number of nitroso groups, excluding NO2 is 1. The first-order valence-electron chi connectivity index (χ1n) is 5.23. The smallest absolute Gasteiger partial charge is 0.321 e. The van der Waals surface area contributed by atoms with Crippen LogP contribution in [0.2, 0.25) is 0 Å². The fraction of sp³-hybridized carbons (Fsp3) is 0.364. The molecule has 0 aliphatic carbocycles. The summed E-state index contributed by atoms with van der Waals surface area (Å²) in [5, 5.41) is 20.1. The second-order valence-corrected chi connectivity index (χ2v) is 4.92.